The van der Waals surface area contributed by atoms with E-state index in [1.54, 1.807) is 35.2 Å². The maximum absolute atomic E-state index is 13.9. The molecular weight excluding hydrogens is 592 g/mol. The summed E-state index contributed by atoms with van der Waals surface area (Å²) in [5.41, 5.74) is 1.37. The highest BCUT2D eigenvalue weighted by Gasteiger charge is 2.34. The zero-order valence-electron chi connectivity index (χ0n) is 22.4. The van der Waals surface area contributed by atoms with Crippen LogP contribution < -0.4 is 9.62 Å². The third kappa shape index (κ3) is 6.65. The van der Waals surface area contributed by atoms with Crippen LogP contribution in [0, 0.1) is 0 Å². The molecular formula is C27H31ClN4O7S2. The van der Waals surface area contributed by atoms with E-state index < -0.39 is 28.1 Å². The van der Waals surface area contributed by atoms with Gasteiger partial charge in [0.1, 0.15) is 12.6 Å². The van der Waals surface area contributed by atoms with E-state index in [0.717, 1.165) is 4.88 Å². The molecule has 0 saturated carbocycles. The minimum absolute atomic E-state index is 0.00210. The van der Waals surface area contributed by atoms with Crippen molar-refractivity contribution < 1.29 is 32.4 Å². The Morgan fingerprint density at radius 2 is 2.02 bits per heavy atom. The highest BCUT2D eigenvalue weighted by atomic mass is 35.5. The van der Waals surface area contributed by atoms with Crippen LogP contribution >= 0.6 is 22.9 Å². The molecule has 2 fully saturated rings. The lowest BCUT2D eigenvalue weighted by Crippen LogP contribution is -2.52. The fourth-order valence-electron chi connectivity index (χ4n) is 5.10. The summed E-state index contributed by atoms with van der Waals surface area (Å²) in [6.45, 7) is 3.03. The predicted molar refractivity (Wildman–Crippen MR) is 153 cm³/mol. The number of aliphatic hydroxyl groups excluding tert-OH is 1. The Kier molecular flexibility index (Phi) is 9.12. The normalized spacial score (nSPS) is 17.7. The SMILES string of the molecule is CCc1c(N2CCOCC2=O)cccc1S(=O)(=O)NC(Cc1cc(-c2ccc(Cl)s2)on1)C(=O)N1CCC(O)CC1. The van der Waals surface area contributed by atoms with Gasteiger partial charge in [0.15, 0.2) is 5.76 Å². The lowest BCUT2D eigenvalue weighted by molar-refractivity contribution is -0.135. The number of hydrogen-bond acceptors (Lipinski definition) is 9. The molecule has 1 unspecified atom stereocenters. The third-order valence-corrected chi connectivity index (χ3v) is 9.99. The van der Waals surface area contributed by atoms with E-state index in [9.17, 15) is 23.1 Å². The molecule has 1 atom stereocenters. The van der Waals surface area contributed by atoms with E-state index in [-0.39, 0.29) is 23.8 Å². The number of carbonyl (C=O) groups is 2. The first kappa shape index (κ1) is 29.7. The van der Waals surface area contributed by atoms with E-state index >= 15 is 0 Å². The summed E-state index contributed by atoms with van der Waals surface area (Å²) in [5, 5.41) is 14.0. The van der Waals surface area contributed by atoms with Crippen LogP contribution in [0.4, 0.5) is 5.69 Å². The molecule has 14 heteroatoms. The molecule has 0 radical (unpaired) electrons. The largest absolute Gasteiger partial charge is 0.393 e. The van der Waals surface area contributed by atoms with Crippen molar-refractivity contribution in [1.29, 1.82) is 0 Å². The van der Waals surface area contributed by atoms with Crippen LogP contribution in [0.15, 0.2) is 45.8 Å². The number of carbonyl (C=O) groups excluding carboxylic acids is 2. The molecule has 0 aliphatic carbocycles. The van der Waals surface area contributed by atoms with Crippen LogP contribution in [0.2, 0.25) is 4.34 Å². The number of halogens is 1. The number of thiophene rings is 1. The summed E-state index contributed by atoms with van der Waals surface area (Å²) in [7, 11) is -4.23. The Balaban J connectivity index is 1.45. The van der Waals surface area contributed by atoms with Crippen LogP contribution in [-0.2, 0) is 37.2 Å². The zero-order valence-corrected chi connectivity index (χ0v) is 24.8. The molecule has 5 rings (SSSR count). The number of nitrogens with one attached hydrogen (secondary N) is 1. The average Bonchev–Trinajstić information content (AvgIpc) is 3.61. The number of morpholine rings is 1. The Morgan fingerprint density at radius 3 is 2.71 bits per heavy atom. The van der Waals surface area contributed by atoms with Crippen molar-refractivity contribution in [3.63, 3.8) is 0 Å². The summed E-state index contributed by atoms with van der Waals surface area (Å²) in [6, 6.07) is 8.79. The topological polar surface area (TPSA) is 142 Å². The summed E-state index contributed by atoms with van der Waals surface area (Å²) in [4.78, 5) is 30.1. The zero-order chi connectivity index (χ0) is 29.1. The number of aromatic nitrogens is 1. The molecule has 2 aromatic heterocycles. The van der Waals surface area contributed by atoms with Crippen molar-refractivity contribution in [3.8, 4) is 10.6 Å². The molecule has 2 amide bonds. The lowest BCUT2D eigenvalue weighted by Gasteiger charge is -2.33. The predicted octanol–water partition coefficient (Wildman–Crippen LogP) is 2.86. The van der Waals surface area contributed by atoms with E-state index in [2.05, 4.69) is 9.88 Å². The molecule has 0 spiro atoms. The first-order valence-electron chi connectivity index (χ1n) is 13.4. The van der Waals surface area contributed by atoms with Gasteiger partial charge in [0.25, 0.3) is 5.91 Å². The van der Waals surface area contributed by atoms with Gasteiger partial charge in [-0.25, -0.2) is 8.42 Å². The van der Waals surface area contributed by atoms with Crippen molar-refractivity contribution in [2.24, 2.45) is 0 Å². The van der Waals surface area contributed by atoms with Gasteiger partial charge in [-0.05, 0) is 49.1 Å². The summed E-state index contributed by atoms with van der Waals surface area (Å²) in [6.07, 6.45) is 0.614. The number of anilines is 1. The van der Waals surface area contributed by atoms with E-state index in [0.29, 0.717) is 72.5 Å². The summed E-state index contributed by atoms with van der Waals surface area (Å²) < 4.78 is 41.7. The van der Waals surface area contributed by atoms with Crippen molar-refractivity contribution in [2.45, 2.75) is 49.6 Å². The van der Waals surface area contributed by atoms with Crippen LogP contribution in [0.25, 0.3) is 10.6 Å². The molecule has 0 bridgehead atoms. The second kappa shape index (κ2) is 12.6. The quantitative estimate of drug-likeness (QED) is 0.371. The molecule has 3 aromatic rings. The molecule has 2 aliphatic rings. The van der Waals surface area contributed by atoms with Crippen molar-refractivity contribution in [3.05, 3.63) is 52.0 Å². The standard InChI is InChI=1S/C27H31ClN4O7S2/c1-2-19-21(32-12-13-38-16-26(32)34)4-3-5-24(19)41(36,37)30-20(27(35)31-10-8-18(33)9-11-31)14-17-15-22(39-29-17)23-6-7-25(28)40-23/h3-7,15,18,20,30,33H,2,8-14,16H2,1H3. The maximum Gasteiger partial charge on any atom is 0.253 e. The number of benzene rings is 1. The molecule has 2 aliphatic heterocycles. The van der Waals surface area contributed by atoms with Crippen molar-refractivity contribution in [2.75, 3.05) is 37.7 Å². The van der Waals surface area contributed by atoms with E-state index in [1.807, 2.05) is 6.92 Å². The number of ether oxygens (including phenoxy) is 1. The van der Waals surface area contributed by atoms with Crippen molar-refractivity contribution >= 4 is 50.5 Å². The molecule has 11 nitrogen and oxygen atoms in total. The van der Waals surface area contributed by atoms with Gasteiger partial charge < -0.3 is 24.2 Å². The number of rotatable bonds is 9. The minimum atomic E-state index is -4.23. The van der Waals surface area contributed by atoms with Crippen LogP contribution in [0.3, 0.4) is 0 Å². The highest BCUT2D eigenvalue weighted by Crippen LogP contribution is 2.32. The molecule has 2 saturated heterocycles. The van der Waals surface area contributed by atoms with Gasteiger partial charge >= 0.3 is 0 Å². The first-order valence-corrected chi connectivity index (χ1v) is 16.0. The van der Waals surface area contributed by atoms with Gasteiger partial charge in [0, 0.05) is 37.8 Å². The second-order valence-electron chi connectivity index (χ2n) is 9.93. The Labute approximate surface area is 247 Å². The Morgan fingerprint density at radius 1 is 1.24 bits per heavy atom. The number of sulfonamides is 1. The lowest BCUT2D eigenvalue weighted by atomic mass is 10.1. The molecule has 1 aromatic carbocycles. The number of hydrogen-bond donors (Lipinski definition) is 2. The van der Waals surface area contributed by atoms with Crippen LogP contribution in [-0.4, -0.2) is 80.4 Å². The fourth-order valence-corrected chi connectivity index (χ4v) is 7.61. The summed E-state index contributed by atoms with van der Waals surface area (Å²) >= 11 is 7.36. The maximum atomic E-state index is 13.9. The number of likely N-dealkylation sites (tertiary alicyclic amines) is 1. The van der Waals surface area contributed by atoms with E-state index in [4.69, 9.17) is 20.9 Å². The molecule has 4 heterocycles. The van der Waals surface area contributed by atoms with E-state index in [1.165, 1.54) is 22.3 Å². The van der Waals surface area contributed by atoms with Gasteiger partial charge in [-0.3, -0.25) is 9.59 Å². The average molecular weight is 623 g/mol. The number of nitrogens with zero attached hydrogens (tertiary/aromatic N) is 3. The molecule has 41 heavy (non-hydrogen) atoms. The van der Waals surface area contributed by atoms with Crippen LogP contribution in [0.5, 0.6) is 0 Å². The molecule has 220 valence electrons. The second-order valence-corrected chi connectivity index (χ2v) is 13.3. The smallest absolute Gasteiger partial charge is 0.253 e. The van der Waals surface area contributed by atoms with Gasteiger partial charge in [0.2, 0.25) is 15.9 Å². The minimum Gasteiger partial charge on any atom is -0.393 e. The Hall–Kier alpha value is -2.81. The first-order chi connectivity index (χ1) is 19.7. The number of aliphatic hydroxyl groups is 1. The Bertz CT molecular complexity index is 1520. The number of amides is 2. The van der Waals surface area contributed by atoms with Crippen LogP contribution in [0.1, 0.15) is 31.0 Å². The molecule has 2 N–H and O–H groups in total. The highest BCUT2D eigenvalue weighted by molar-refractivity contribution is 7.89. The van der Waals surface area contributed by atoms with Gasteiger partial charge in [0.05, 0.1) is 32.5 Å². The van der Waals surface area contributed by atoms with Gasteiger partial charge in [-0.2, -0.15) is 4.72 Å². The van der Waals surface area contributed by atoms with Gasteiger partial charge in [-0.15, -0.1) is 11.3 Å². The third-order valence-electron chi connectivity index (χ3n) is 7.19. The van der Waals surface area contributed by atoms with Gasteiger partial charge in [-0.1, -0.05) is 29.7 Å². The fraction of sp³-hybridized carbons (Fsp3) is 0.444. The van der Waals surface area contributed by atoms with Crippen molar-refractivity contribution in [1.82, 2.24) is 14.8 Å². The number of piperidine rings is 1. The summed E-state index contributed by atoms with van der Waals surface area (Å²) in [5.74, 6) is -0.201. The monoisotopic (exact) mass is 622 g/mol.